The zero-order valence-electron chi connectivity index (χ0n) is 20.5. The first-order valence-electron chi connectivity index (χ1n) is 12.6. The molecule has 2 atom stereocenters. The fourth-order valence-corrected chi connectivity index (χ4v) is 6.36. The molecular weight excluding hydrogens is 499 g/mol. The predicted octanol–water partition coefficient (Wildman–Crippen LogP) is 3.59. The molecule has 0 bridgehead atoms. The van der Waals surface area contributed by atoms with Gasteiger partial charge in [-0.25, -0.2) is 22.5 Å². The molecule has 1 N–H and O–H groups in total. The maximum Gasteiger partial charge on any atom is 0.283 e. The molecule has 1 saturated carbocycles. The Morgan fingerprint density at radius 1 is 1.24 bits per heavy atom. The summed E-state index contributed by atoms with van der Waals surface area (Å²) in [6, 6.07) is 8.20. The summed E-state index contributed by atoms with van der Waals surface area (Å²) in [5.41, 5.74) is 2.25. The van der Waals surface area contributed by atoms with Gasteiger partial charge in [-0.15, -0.1) is 0 Å². The highest BCUT2D eigenvalue weighted by Gasteiger charge is 2.51. The van der Waals surface area contributed by atoms with E-state index in [2.05, 4.69) is 14.6 Å². The average molecular weight is 529 g/mol. The van der Waals surface area contributed by atoms with E-state index < -0.39 is 20.7 Å². The molecule has 6 rings (SSSR count). The van der Waals surface area contributed by atoms with E-state index in [1.54, 1.807) is 29.7 Å². The van der Waals surface area contributed by atoms with Gasteiger partial charge >= 0.3 is 0 Å². The molecule has 3 aromatic rings. The molecule has 37 heavy (non-hydrogen) atoms. The summed E-state index contributed by atoms with van der Waals surface area (Å²) in [6.45, 7) is 3.54. The maximum absolute atomic E-state index is 14.4. The third-order valence-electron chi connectivity index (χ3n) is 7.65. The van der Waals surface area contributed by atoms with Crippen molar-refractivity contribution in [1.29, 1.82) is 0 Å². The Hall–Kier alpha value is -3.18. The lowest BCUT2D eigenvalue weighted by Crippen LogP contribution is -2.38. The summed E-state index contributed by atoms with van der Waals surface area (Å²) >= 11 is 0. The van der Waals surface area contributed by atoms with Gasteiger partial charge < -0.3 is 14.4 Å². The monoisotopic (exact) mass is 528 g/mol. The van der Waals surface area contributed by atoms with Crippen LogP contribution in [-0.2, 0) is 14.8 Å². The number of benzene rings is 1. The first-order valence-corrected chi connectivity index (χ1v) is 14.1. The van der Waals surface area contributed by atoms with Gasteiger partial charge in [0.1, 0.15) is 29.0 Å². The summed E-state index contributed by atoms with van der Waals surface area (Å²) in [5.74, 6) is -0.391. The molecule has 4 heterocycles. The zero-order chi connectivity index (χ0) is 25.8. The molecule has 11 heteroatoms. The van der Waals surface area contributed by atoms with E-state index in [0.29, 0.717) is 37.5 Å². The predicted molar refractivity (Wildman–Crippen MR) is 135 cm³/mol. The SMILES string of the molecule is CC1(S(=O)(=O)NC(=O)c2cnc3ccc(N4CCCC4c4cc(F)ccc4O[C@@H]4CCOC4)cn23)CC1. The molecule has 2 aromatic heterocycles. The molecular formula is C26H29FN4O5S. The fraction of sp³-hybridized carbons (Fsp3) is 0.462. The molecule has 1 amide bonds. The number of imidazole rings is 1. The standard InChI is InChI=1S/C26H29FN4O5S/c1-26(9-10-26)37(33,34)29-25(32)22-14-28-24-7-5-18(15-31(22)24)30-11-2-3-21(30)20-13-17(27)4-6-23(20)36-19-8-12-35-16-19/h4-7,13-15,19,21H,2-3,8-12,16H2,1H3,(H,29,32)/t19-,21?/m1/s1. The van der Waals surface area contributed by atoms with Gasteiger partial charge in [-0.2, -0.15) is 0 Å². The number of nitrogens with zero attached hydrogens (tertiary/aromatic N) is 3. The Morgan fingerprint density at radius 3 is 2.84 bits per heavy atom. The highest BCUT2D eigenvalue weighted by atomic mass is 32.2. The van der Waals surface area contributed by atoms with Crippen LogP contribution in [0.15, 0.2) is 42.7 Å². The van der Waals surface area contributed by atoms with Crippen molar-refractivity contribution >= 4 is 27.3 Å². The molecule has 3 fully saturated rings. The van der Waals surface area contributed by atoms with Gasteiger partial charge in [0, 0.05) is 24.7 Å². The number of carbonyl (C=O) groups excluding carboxylic acids is 1. The summed E-state index contributed by atoms with van der Waals surface area (Å²) in [5, 5.41) is 0. The first kappa shape index (κ1) is 24.2. The molecule has 2 aliphatic heterocycles. The summed E-state index contributed by atoms with van der Waals surface area (Å²) in [7, 11) is -3.78. The molecule has 196 valence electrons. The van der Waals surface area contributed by atoms with Crippen LogP contribution in [0.4, 0.5) is 10.1 Å². The van der Waals surface area contributed by atoms with E-state index in [-0.39, 0.29) is 23.7 Å². The van der Waals surface area contributed by atoms with E-state index in [0.717, 1.165) is 37.1 Å². The number of hydrogen-bond acceptors (Lipinski definition) is 7. The van der Waals surface area contributed by atoms with Gasteiger partial charge in [0.05, 0.1) is 35.9 Å². The van der Waals surface area contributed by atoms with Crippen LogP contribution in [-0.4, -0.2) is 54.3 Å². The van der Waals surface area contributed by atoms with Crippen molar-refractivity contribution < 1.29 is 27.1 Å². The van der Waals surface area contributed by atoms with Gasteiger partial charge in [-0.05, 0) is 62.9 Å². The number of halogens is 1. The third-order valence-corrected chi connectivity index (χ3v) is 9.81. The van der Waals surface area contributed by atoms with Crippen molar-refractivity contribution in [1.82, 2.24) is 14.1 Å². The van der Waals surface area contributed by atoms with Gasteiger partial charge in [0.25, 0.3) is 5.91 Å². The smallest absolute Gasteiger partial charge is 0.283 e. The minimum atomic E-state index is -3.78. The Labute approximate surface area is 214 Å². The normalized spacial score (nSPS) is 22.9. The molecule has 3 aliphatic rings. The van der Waals surface area contributed by atoms with Crippen LogP contribution >= 0.6 is 0 Å². The lowest BCUT2D eigenvalue weighted by atomic mass is 10.0. The summed E-state index contributed by atoms with van der Waals surface area (Å²) in [6.07, 6.45) is 6.67. The number of aromatic nitrogens is 2. The second-order valence-corrected chi connectivity index (χ2v) is 12.5. The van der Waals surface area contributed by atoms with Crippen LogP contribution in [0.1, 0.15) is 61.1 Å². The zero-order valence-corrected chi connectivity index (χ0v) is 21.3. The maximum atomic E-state index is 14.4. The first-order chi connectivity index (χ1) is 17.7. The van der Waals surface area contributed by atoms with E-state index in [9.17, 15) is 17.6 Å². The van der Waals surface area contributed by atoms with E-state index in [1.807, 2.05) is 6.07 Å². The van der Waals surface area contributed by atoms with E-state index in [1.165, 1.54) is 18.3 Å². The number of nitrogens with one attached hydrogen (secondary N) is 1. The lowest BCUT2D eigenvalue weighted by Gasteiger charge is -2.29. The van der Waals surface area contributed by atoms with Gasteiger partial charge in [-0.1, -0.05) is 0 Å². The topological polar surface area (TPSA) is 102 Å². The Morgan fingerprint density at radius 2 is 2.08 bits per heavy atom. The quantitative estimate of drug-likeness (QED) is 0.500. The van der Waals surface area contributed by atoms with Gasteiger partial charge in [-0.3, -0.25) is 9.20 Å². The minimum Gasteiger partial charge on any atom is -0.488 e. The van der Waals surface area contributed by atoms with Crippen LogP contribution in [0.5, 0.6) is 5.75 Å². The van der Waals surface area contributed by atoms with Crippen LogP contribution in [0.2, 0.25) is 0 Å². The van der Waals surface area contributed by atoms with Crippen molar-refractivity contribution in [3.8, 4) is 5.75 Å². The number of ether oxygens (including phenoxy) is 2. The number of sulfonamides is 1. The van der Waals surface area contributed by atoms with Crippen LogP contribution in [0.25, 0.3) is 5.65 Å². The number of anilines is 1. The van der Waals surface area contributed by atoms with Crippen LogP contribution in [0, 0.1) is 5.82 Å². The van der Waals surface area contributed by atoms with Crippen molar-refractivity contribution in [3.05, 3.63) is 59.8 Å². The Kier molecular flexibility index (Phi) is 5.87. The number of carbonyl (C=O) groups is 1. The largest absolute Gasteiger partial charge is 0.488 e. The number of fused-ring (bicyclic) bond motifs is 1. The van der Waals surface area contributed by atoms with Gasteiger partial charge in [0.2, 0.25) is 10.0 Å². The Bertz CT molecular complexity index is 1460. The van der Waals surface area contributed by atoms with Crippen LogP contribution < -0.4 is 14.4 Å². The molecule has 0 radical (unpaired) electrons. The van der Waals surface area contributed by atoms with Crippen molar-refractivity contribution in [2.24, 2.45) is 0 Å². The molecule has 1 unspecified atom stereocenters. The number of rotatable bonds is 7. The molecule has 0 spiro atoms. The highest BCUT2D eigenvalue weighted by molar-refractivity contribution is 7.91. The van der Waals surface area contributed by atoms with Crippen LogP contribution in [0.3, 0.4) is 0 Å². The average Bonchev–Trinajstić information content (AvgIpc) is 3.29. The molecule has 1 aliphatic carbocycles. The molecule has 2 saturated heterocycles. The third kappa shape index (κ3) is 4.44. The lowest BCUT2D eigenvalue weighted by molar-refractivity contribution is 0.0975. The highest BCUT2D eigenvalue weighted by Crippen LogP contribution is 2.43. The minimum absolute atomic E-state index is 0.0587. The van der Waals surface area contributed by atoms with Crippen molar-refractivity contribution in [2.75, 3.05) is 24.7 Å². The second kappa shape index (κ2) is 8.98. The van der Waals surface area contributed by atoms with E-state index >= 15 is 0 Å². The molecule has 1 aromatic carbocycles. The van der Waals surface area contributed by atoms with E-state index in [4.69, 9.17) is 9.47 Å². The number of hydrogen-bond donors (Lipinski definition) is 1. The number of pyridine rings is 1. The number of amides is 1. The fourth-order valence-electron chi connectivity index (χ4n) is 5.12. The van der Waals surface area contributed by atoms with Crippen molar-refractivity contribution in [3.63, 3.8) is 0 Å². The molecule has 9 nitrogen and oxygen atoms in total. The Balaban J connectivity index is 1.31. The second-order valence-electron chi connectivity index (χ2n) is 10.3. The van der Waals surface area contributed by atoms with Crippen molar-refractivity contribution in [2.45, 2.75) is 55.9 Å². The summed E-state index contributed by atoms with van der Waals surface area (Å²) in [4.78, 5) is 19.4. The van der Waals surface area contributed by atoms with Gasteiger partial charge in [0.15, 0.2) is 0 Å². The summed E-state index contributed by atoms with van der Waals surface area (Å²) < 4.78 is 54.1.